The number of rotatable bonds is 4. The first-order valence-corrected chi connectivity index (χ1v) is 7.34. The summed E-state index contributed by atoms with van der Waals surface area (Å²) in [5, 5.41) is 9.59. The van der Waals surface area contributed by atoms with E-state index in [9.17, 15) is 4.79 Å². The molecule has 0 radical (unpaired) electrons. The molecule has 114 valence electrons. The summed E-state index contributed by atoms with van der Waals surface area (Å²) in [6, 6.07) is 2.43. The van der Waals surface area contributed by atoms with Crippen molar-refractivity contribution in [3.63, 3.8) is 0 Å². The van der Waals surface area contributed by atoms with Gasteiger partial charge in [-0.05, 0) is 12.8 Å². The quantitative estimate of drug-likeness (QED) is 0.646. The number of nitrogen functional groups attached to an aromatic ring is 1. The van der Waals surface area contributed by atoms with Crippen molar-refractivity contribution in [2.24, 2.45) is 0 Å². The fraction of sp³-hybridized carbons (Fsp3) is 0.571. The summed E-state index contributed by atoms with van der Waals surface area (Å²) in [5.74, 6) is 0.883. The molecule has 3 heterocycles. The number of hydrogen-bond donors (Lipinski definition) is 4. The molecule has 7 heteroatoms. The molecule has 0 unspecified atom stereocenters. The number of pyridine rings is 1. The van der Waals surface area contributed by atoms with Crippen LogP contribution in [-0.2, 0) is 9.53 Å². The van der Waals surface area contributed by atoms with Gasteiger partial charge < -0.3 is 26.4 Å². The molecular formula is C14H21N5O2. The van der Waals surface area contributed by atoms with Gasteiger partial charge in [0.1, 0.15) is 5.82 Å². The maximum Gasteiger partial charge on any atom is 0.220 e. The first-order valence-electron chi connectivity index (χ1n) is 7.34. The zero-order chi connectivity index (χ0) is 14.7. The van der Waals surface area contributed by atoms with Gasteiger partial charge in [-0.15, -0.1) is 0 Å². The van der Waals surface area contributed by atoms with Gasteiger partial charge in [-0.1, -0.05) is 0 Å². The van der Waals surface area contributed by atoms with Gasteiger partial charge in [0.15, 0.2) is 0 Å². The lowest BCUT2D eigenvalue weighted by Crippen LogP contribution is -2.42. The summed E-state index contributed by atoms with van der Waals surface area (Å²) in [5.41, 5.74) is 7.48. The molecule has 0 saturated carbocycles. The fourth-order valence-electron chi connectivity index (χ4n) is 2.60. The van der Waals surface area contributed by atoms with Crippen LogP contribution in [-0.4, -0.2) is 42.7 Å². The lowest BCUT2D eigenvalue weighted by atomic mass is 10.1. The Kier molecular flexibility index (Phi) is 4.10. The number of nitrogens with one attached hydrogen (secondary N) is 3. The molecule has 0 bridgehead atoms. The van der Waals surface area contributed by atoms with Crippen LogP contribution in [0.15, 0.2) is 12.3 Å². The number of carbonyl (C=O) groups excluding carboxylic acids is 1. The summed E-state index contributed by atoms with van der Waals surface area (Å²) in [6.07, 6.45) is 4.01. The Balaban J connectivity index is 1.64. The van der Waals surface area contributed by atoms with E-state index in [1.807, 2.05) is 6.07 Å². The number of nitrogens with zero attached hydrogens (tertiary/aromatic N) is 1. The molecule has 2 fully saturated rings. The van der Waals surface area contributed by atoms with Crippen molar-refractivity contribution in [1.29, 1.82) is 0 Å². The normalized spacial score (nSPS) is 25.4. The predicted octanol–water partition coefficient (Wildman–Crippen LogP) is 0.555. The first kappa shape index (κ1) is 13.9. The van der Waals surface area contributed by atoms with Gasteiger partial charge in [-0.3, -0.25) is 4.79 Å². The average Bonchev–Trinajstić information content (AvgIpc) is 2.98. The standard InChI is InChI=1S/C14H21N5O2/c15-11-7-16-13(19-9-1-2-14(20)17-6-9)5-12(11)18-10-3-4-21-8-10/h5,7,9-10H,1-4,6,8,15H2,(H,17,20)(H2,16,18,19)/t9-,10-/m0/s1. The highest BCUT2D eigenvalue weighted by molar-refractivity contribution is 5.77. The van der Waals surface area contributed by atoms with E-state index in [-0.39, 0.29) is 11.9 Å². The number of carbonyl (C=O) groups is 1. The largest absolute Gasteiger partial charge is 0.396 e. The lowest BCUT2D eigenvalue weighted by molar-refractivity contribution is -0.122. The molecule has 0 aliphatic carbocycles. The molecule has 0 spiro atoms. The second-order valence-corrected chi connectivity index (χ2v) is 5.55. The van der Waals surface area contributed by atoms with E-state index >= 15 is 0 Å². The van der Waals surface area contributed by atoms with E-state index in [0.29, 0.717) is 31.3 Å². The zero-order valence-electron chi connectivity index (χ0n) is 11.9. The smallest absolute Gasteiger partial charge is 0.220 e. The average molecular weight is 291 g/mol. The third kappa shape index (κ3) is 3.55. The van der Waals surface area contributed by atoms with Gasteiger partial charge >= 0.3 is 0 Å². The van der Waals surface area contributed by atoms with Crippen molar-refractivity contribution in [1.82, 2.24) is 10.3 Å². The second kappa shape index (κ2) is 6.17. The van der Waals surface area contributed by atoms with E-state index in [0.717, 1.165) is 31.0 Å². The summed E-state index contributed by atoms with van der Waals surface area (Å²) in [6.45, 7) is 2.12. The van der Waals surface area contributed by atoms with E-state index in [1.54, 1.807) is 6.20 Å². The van der Waals surface area contributed by atoms with E-state index < -0.39 is 0 Å². The van der Waals surface area contributed by atoms with Crippen LogP contribution in [0, 0.1) is 0 Å². The molecule has 3 rings (SSSR count). The summed E-state index contributed by atoms with van der Waals surface area (Å²) < 4.78 is 5.36. The Morgan fingerprint density at radius 1 is 1.33 bits per heavy atom. The molecule has 2 aliphatic rings. The predicted molar refractivity (Wildman–Crippen MR) is 81.2 cm³/mol. The second-order valence-electron chi connectivity index (χ2n) is 5.55. The number of nitrogens with two attached hydrogens (primary N) is 1. The van der Waals surface area contributed by atoms with Crippen molar-refractivity contribution >= 4 is 23.1 Å². The minimum absolute atomic E-state index is 0.113. The third-order valence-electron chi connectivity index (χ3n) is 3.84. The number of aromatic nitrogens is 1. The third-order valence-corrected chi connectivity index (χ3v) is 3.84. The van der Waals surface area contributed by atoms with E-state index in [2.05, 4.69) is 20.9 Å². The first-order chi connectivity index (χ1) is 10.2. The Labute approximate surface area is 123 Å². The van der Waals surface area contributed by atoms with E-state index in [1.165, 1.54) is 0 Å². The Morgan fingerprint density at radius 3 is 2.95 bits per heavy atom. The Hall–Kier alpha value is -2.02. The van der Waals surface area contributed by atoms with Gasteiger partial charge in [0.2, 0.25) is 5.91 Å². The summed E-state index contributed by atoms with van der Waals surface area (Å²) in [7, 11) is 0. The van der Waals surface area contributed by atoms with Crippen molar-refractivity contribution in [3.05, 3.63) is 12.3 Å². The molecule has 2 aliphatic heterocycles. The van der Waals surface area contributed by atoms with Crippen molar-refractivity contribution in [2.45, 2.75) is 31.3 Å². The maximum atomic E-state index is 11.2. The van der Waals surface area contributed by atoms with Crippen LogP contribution >= 0.6 is 0 Å². The van der Waals surface area contributed by atoms with Crippen LogP contribution in [0.25, 0.3) is 0 Å². The lowest BCUT2D eigenvalue weighted by Gasteiger charge is -2.24. The number of ether oxygens (including phenoxy) is 1. The number of amides is 1. The number of hydrogen-bond acceptors (Lipinski definition) is 6. The molecular weight excluding hydrogens is 270 g/mol. The van der Waals surface area contributed by atoms with Gasteiger partial charge in [0, 0.05) is 31.7 Å². The summed E-state index contributed by atoms with van der Waals surface area (Å²) >= 11 is 0. The minimum Gasteiger partial charge on any atom is -0.396 e. The van der Waals surface area contributed by atoms with Gasteiger partial charge in [-0.25, -0.2) is 4.98 Å². The van der Waals surface area contributed by atoms with Crippen LogP contribution in [0.3, 0.4) is 0 Å². The topological polar surface area (TPSA) is 101 Å². The molecule has 2 saturated heterocycles. The highest BCUT2D eigenvalue weighted by atomic mass is 16.5. The number of piperidine rings is 1. The molecule has 1 amide bonds. The van der Waals surface area contributed by atoms with Crippen LogP contribution < -0.4 is 21.7 Å². The minimum atomic E-state index is 0.113. The van der Waals surface area contributed by atoms with Gasteiger partial charge in [-0.2, -0.15) is 0 Å². The molecule has 1 aromatic heterocycles. The molecule has 1 aromatic rings. The SMILES string of the molecule is Nc1cnc(N[C@H]2CCC(=O)NC2)cc1N[C@H]1CCOC1. The van der Waals surface area contributed by atoms with Gasteiger partial charge in [0.05, 0.1) is 30.2 Å². The molecule has 0 aromatic carbocycles. The van der Waals surface area contributed by atoms with Crippen molar-refractivity contribution in [2.75, 3.05) is 36.1 Å². The Morgan fingerprint density at radius 2 is 2.24 bits per heavy atom. The highest BCUT2D eigenvalue weighted by Crippen LogP contribution is 2.24. The van der Waals surface area contributed by atoms with E-state index in [4.69, 9.17) is 10.5 Å². The van der Waals surface area contributed by atoms with Crippen molar-refractivity contribution in [3.8, 4) is 0 Å². The van der Waals surface area contributed by atoms with Crippen LogP contribution in [0.1, 0.15) is 19.3 Å². The Bertz CT molecular complexity index is 506. The molecule has 2 atom stereocenters. The molecule has 21 heavy (non-hydrogen) atoms. The monoisotopic (exact) mass is 291 g/mol. The molecule has 5 N–H and O–H groups in total. The van der Waals surface area contributed by atoms with Crippen molar-refractivity contribution < 1.29 is 9.53 Å². The summed E-state index contributed by atoms with van der Waals surface area (Å²) in [4.78, 5) is 15.5. The van der Waals surface area contributed by atoms with Crippen LogP contribution in [0.4, 0.5) is 17.2 Å². The highest BCUT2D eigenvalue weighted by Gasteiger charge is 2.19. The van der Waals surface area contributed by atoms with Gasteiger partial charge in [0.25, 0.3) is 0 Å². The van der Waals surface area contributed by atoms with Crippen LogP contribution in [0.2, 0.25) is 0 Å². The maximum absolute atomic E-state index is 11.2. The number of anilines is 3. The molecule has 7 nitrogen and oxygen atoms in total. The zero-order valence-corrected chi connectivity index (χ0v) is 11.9. The van der Waals surface area contributed by atoms with Crippen LogP contribution in [0.5, 0.6) is 0 Å². The fourth-order valence-corrected chi connectivity index (χ4v) is 2.60.